The first-order chi connectivity index (χ1) is 9.84. The van der Waals surface area contributed by atoms with Gasteiger partial charge in [0, 0.05) is 12.6 Å². The van der Waals surface area contributed by atoms with Crippen molar-refractivity contribution < 1.29 is 14.7 Å². The van der Waals surface area contributed by atoms with Crippen LogP contribution in [0, 0.1) is 11.8 Å². The summed E-state index contributed by atoms with van der Waals surface area (Å²) in [6, 6.07) is -0.0199. The Hall–Kier alpha value is -1.26. The Bertz CT molecular complexity index is 402. The fourth-order valence-corrected chi connectivity index (χ4v) is 3.63. The molecule has 2 rings (SSSR count). The number of amides is 2. The van der Waals surface area contributed by atoms with E-state index in [2.05, 4.69) is 19.2 Å². The number of carboxylic acid groups (broad SMARTS) is 1. The molecule has 2 N–H and O–H groups in total. The van der Waals surface area contributed by atoms with Crippen LogP contribution in [0.2, 0.25) is 0 Å². The molecule has 5 heteroatoms. The third-order valence-electron chi connectivity index (χ3n) is 5.28. The number of nitrogens with zero attached hydrogens (tertiary/aromatic N) is 1. The molecule has 1 saturated carbocycles. The van der Waals surface area contributed by atoms with E-state index in [1.807, 2.05) is 11.8 Å². The van der Waals surface area contributed by atoms with Gasteiger partial charge in [-0.2, -0.15) is 0 Å². The highest BCUT2D eigenvalue weighted by atomic mass is 16.4. The Morgan fingerprint density at radius 3 is 2.24 bits per heavy atom. The van der Waals surface area contributed by atoms with Crippen LogP contribution < -0.4 is 5.32 Å². The highest BCUT2D eigenvalue weighted by molar-refractivity contribution is 5.86. The molecule has 0 bridgehead atoms. The number of carboxylic acids is 1. The lowest BCUT2D eigenvalue weighted by atomic mass is 9.77. The summed E-state index contributed by atoms with van der Waals surface area (Å²) in [4.78, 5) is 26.0. The maximum Gasteiger partial charge on any atom is 0.329 e. The average Bonchev–Trinajstić information content (AvgIpc) is 2.41. The molecular weight excluding hydrogens is 268 g/mol. The number of urea groups is 1. The summed E-state index contributed by atoms with van der Waals surface area (Å²) in [5, 5.41) is 12.5. The largest absolute Gasteiger partial charge is 0.480 e. The van der Waals surface area contributed by atoms with E-state index >= 15 is 0 Å². The van der Waals surface area contributed by atoms with Gasteiger partial charge in [0.1, 0.15) is 5.54 Å². The number of carbonyl (C=O) groups is 2. The van der Waals surface area contributed by atoms with Gasteiger partial charge < -0.3 is 15.3 Å². The molecule has 0 radical (unpaired) electrons. The van der Waals surface area contributed by atoms with E-state index in [1.165, 1.54) is 0 Å². The van der Waals surface area contributed by atoms with Gasteiger partial charge in [-0.15, -0.1) is 0 Å². The summed E-state index contributed by atoms with van der Waals surface area (Å²) in [5.74, 6) is 0.290. The van der Waals surface area contributed by atoms with Gasteiger partial charge in [0.25, 0.3) is 0 Å². The quantitative estimate of drug-likeness (QED) is 0.823. The second kappa shape index (κ2) is 6.24. The van der Waals surface area contributed by atoms with Gasteiger partial charge >= 0.3 is 12.0 Å². The number of carbonyl (C=O) groups excluding carboxylic acids is 1. The Kier molecular flexibility index (Phi) is 4.79. The van der Waals surface area contributed by atoms with Crippen molar-refractivity contribution in [3.8, 4) is 0 Å². The maximum atomic E-state index is 12.5. The van der Waals surface area contributed by atoms with E-state index < -0.39 is 11.5 Å². The second-order valence-electron chi connectivity index (χ2n) is 7.17. The van der Waals surface area contributed by atoms with Crippen molar-refractivity contribution in [2.75, 3.05) is 6.54 Å². The van der Waals surface area contributed by atoms with Gasteiger partial charge in [-0.3, -0.25) is 0 Å². The van der Waals surface area contributed by atoms with Crippen LogP contribution in [-0.4, -0.2) is 40.1 Å². The van der Waals surface area contributed by atoms with E-state index in [1.54, 1.807) is 0 Å². The van der Waals surface area contributed by atoms with Gasteiger partial charge in [-0.25, -0.2) is 9.59 Å². The number of aliphatic carboxylic acids is 1. The molecule has 2 unspecified atom stereocenters. The predicted octanol–water partition coefficient (Wildman–Crippen LogP) is 2.85. The van der Waals surface area contributed by atoms with E-state index in [0.717, 1.165) is 32.2 Å². The van der Waals surface area contributed by atoms with Crippen molar-refractivity contribution in [3.63, 3.8) is 0 Å². The molecule has 0 spiro atoms. The molecule has 21 heavy (non-hydrogen) atoms. The third kappa shape index (κ3) is 3.50. The fourth-order valence-electron chi connectivity index (χ4n) is 3.63. The van der Waals surface area contributed by atoms with Crippen molar-refractivity contribution in [2.45, 2.75) is 70.9 Å². The molecule has 0 aromatic rings. The number of rotatable bonds is 2. The topological polar surface area (TPSA) is 69.6 Å². The molecular formula is C16H28N2O3. The lowest BCUT2D eigenvalue weighted by molar-refractivity contribution is -0.146. The minimum Gasteiger partial charge on any atom is -0.480 e. The summed E-state index contributed by atoms with van der Waals surface area (Å²) in [6.07, 6.45) is 4.78. The normalized spacial score (nSPS) is 37.1. The monoisotopic (exact) mass is 296 g/mol. The summed E-state index contributed by atoms with van der Waals surface area (Å²) in [6.45, 7) is 7.11. The number of likely N-dealkylation sites (tertiary alicyclic amines) is 1. The SMILES string of the molecule is CC1CCC(NC(=O)N2CCC(C)CC2C)(C(=O)O)CC1. The Balaban J connectivity index is 2.03. The van der Waals surface area contributed by atoms with Crippen molar-refractivity contribution >= 4 is 12.0 Å². The molecule has 0 aromatic carbocycles. The highest BCUT2D eigenvalue weighted by Gasteiger charge is 2.43. The molecule has 1 aliphatic carbocycles. The predicted molar refractivity (Wildman–Crippen MR) is 81.1 cm³/mol. The van der Waals surface area contributed by atoms with Gasteiger partial charge in [-0.1, -0.05) is 13.8 Å². The standard InChI is InChI=1S/C16H28N2O3/c1-11-4-7-16(8-5-11,14(19)20)17-15(21)18-9-6-12(2)10-13(18)3/h11-13H,4-10H2,1-3H3,(H,17,21)(H,19,20). The first kappa shape index (κ1) is 16.1. The van der Waals surface area contributed by atoms with E-state index in [9.17, 15) is 14.7 Å². The van der Waals surface area contributed by atoms with Gasteiger partial charge in [0.15, 0.2) is 0 Å². The van der Waals surface area contributed by atoms with Crippen molar-refractivity contribution in [2.24, 2.45) is 11.8 Å². The molecule has 2 aliphatic rings. The fraction of sp³-hybridized carbons (Fsp3) is 0.875. The first-order valence-electron chi connectivity index (χ1n) is 8.16. The molecule has 1 saturated heterocycles. The Labute approximate surface area is 127 Å². The van der Waals surface area contributed by atoms with Crippen LogP contribution in [0.1, 0.15) is 59.3 Å². The van der Waals surface area contributed by atoms with Crippen molar-refractivity contribution in [1.82, 2.24) is 10.2 Å². The molecule has 2 fully saturated rings. The smallest absolute Gasteiger partial charge is 0.329 e. The van der Waals surface area contributed by atoms with E-state index in [4.69, 9.17) is 0 Å². The second-order valence-corrected chi connectivity index (χ2v) is 7.17. The molecule has 1 aliphatic heterocycles. The summed E-state index contributed by atoms with van der Waals surface area (Å²) in [5.41, 5.74) is -1.06. The number of piperidine rings is 1. The molecule has 2 atom stereocenters. The zero-order valence-electron chi connectivity index (χ0n) is 13.4. The van der Waals surface area contributed by atoms with Crippen molar-refractivity contribution in [3.05, 3.63) is 0 Å². The molecule has 1 heterocycles. The highest BCUT2D eigenvalue weighted by Crippen LogP contribution is 2.33. The molecule has 120 valence electrons. The molecule has 0 aromatic heterocycles. The Morgan fingerprint density at radius 1 is 1.10 bits per heavy atom. The van der Waals surface area contributed by atoms with E-state index in [0.29, 0.717) is 24.7 Å². The van der Waals surface area contributed by atoms with Crippen molar-refractivity contribution in [1.29, 1.82) is 0 Å². The Morgan fingerprint density at radius 2 is 1.71 bits per heavy atom. The minimum atomic E-state index is -1.06. The molecule has 2 amide bonds. The summed E-state index contributed by atoms with van der Waals surface area (Å²) < 4.78 is 0. The van der Waals surface area contributed by atoms with Crippen LogP contribution >= 0.6 is 0 Å². The van der Waals surface area contributed by atoms with Gasteiger partial charge in [0.2, 0.25) is 0 Å². The minimum absolute atomic E-state index is 0.183. The number of hydrogen-bond acceptors (Lipinski definition) is 2. The number of hydrogen-bond donors (Lipinski definition) is 2. The zero-order valence-corrected chi connectivity index (χ0v) is 13.4. The van der Waals surface area contributed by atoms with Gasteiger partial charge in [0.05, 0.1) is 0 Å². The first-order valence-corrected chi connectivity index (χ1v) is 8.16. The zero-order chi connectivity index (χ0) is 15.6. The molecule has 5 nitrogen and oxygen atoms in total. The third-order valence-corrected chi connectivity index (χ3v) is 5.28. The summed E-state index contributed by atoms with van der Waals surface area (Å²) in [7, 11) is 0. The average molecular weight is 296 g/mol. The van der Waals surface area contributed by atoms with Crippen LogP contribution in [0.25, 0.3) is 0 Å². The van der Waals surface area contributed by atoms with Gasteiger partial charge in [-0.05, 0) is 57.3 Å². The lowest BCUT2D eigenvalue weighted by Gasteiger charge is -2.41. The van der Waals surface area contributed by atoms with E-state index in [-0.39, 0.29) is 12.1 Å². The number of nitrogens with one attached hydrogen (secondary N) is 1. The van der Waals surface area contributed by atoms with Crippen LogP contribution in [0.4, 0.5) is 4.79 Å². The van der Waals surface area contributed by atoms with Crippen LogP contribution in [0.3, 0.4) is 0 Å². The van der Waals surface area contributed by atoms with Crippen LogP contribution in [0.15, 0.2) is 0 Å². The summed E-state index contributed by atoms with van der Waals surface area (Å²) >= 11 is 0. The maximum absolute atomic E-state index is 12.5. The van der Waals surface area contributed by atoms with Crippen LogP contribution in [0.5, 0.6) is 0 Å². The van der Waals surface area contributed by atoms with Crippen LogP contribution in [-0.2, 0) is 4.79 Å². The lowest BCUT2D eigenvalue weighted by Crippen LogP contribution is -2.61.